The van der Waals surface area contributed by atoms with Crippen LogP contribution in [-0.2, 0) is 19.4 Å². The molecule has 1 N–H and O–H groups in total. The van der Waals surface area contributed by atoms with Crippen molar-refractivity contribution in [1.29, 1.82) is 0 Å². The average Bonchev–Trinajstić information content (AvgIpc) is 3.06. The van der Waals surface area contributed by atoms with Gasteiger partial charge in [0.1, 0.15) is 0 Å². The van der Waals surface area contributed by atoms with Gasteiger partial charge in [-0.1, -0.05) is 30.3 Å². The van der Waals surface area contributed by atoms with E-state index in [1.807, 2.05) is 22.3 Å². The first-order valence-corrected chi connectivity index (χ1v) is 10.0. The number of carbonyl (C=O) groups excluding carboxylic acids is 1. The predicted octanol–water partition coefficient (Wildman–Crippen LogP) is 3.13. The molecule has 1 aromatic carbocycles. The maximum atomic E-state index is 12.2. The lowest BCUT2D eigenvalue weighted by Crippen LogP contribution is -2.63. The van der Waals surface area contributed by atoms with Crippen LogP contribution in [-0.4, -0.2) is 48.1 Å². The van der Waals surface area contributed by atoms with Gasteiger partial charge in [-0.3, -0.25) is 4.90 Å². The van der Waals surface area contributed by atoms with E-state index < -0.39 is 0 Å². The molecule has 2 aliphatic rings. The number of thiophene rings is 1. The molecule has 1 fully saturated rings. The van der Waals surface area contributed by atoms with Gasteiger partial charge in [0, 0.05) is 43.6 Å². The molecule has 2 aliphatic heterocycles. The molecule has 0 saturated carbocycles. The summed E-state index contributed by atoms with van der Waals surface area (Å²) in [5.41, 5.74) is 2.82. The predicted molar refractivity (Wildman–Crippen MR) is 102 cm³/mol. The molecule has 0 bridgehead atoms. The van der Waals surface area contributed by atoms with E-state index in [4.69, 9.17) is 0 Å². The summed E-state index contributed by atoms with van der Waals surface area (Å²) in [6, 6.07) is 13.3. The summed E-state index contributed by atoms with van der Waals surface area (Å²) in [6.07, 6.45) is 3.16. The molecular weight excluding hydrogens is 330 g/mol. The van der Waals surface area contributed by atoms with Crippen molar-refractivity contribution in [2.45, 2.75) is 31.8 Å². The van der Waals surface area contributed by atoms with Crippen LogP contribution < -0.4 is 5.32 Å². The first-order chi connectivity index (χ1) is 12.3. The number of amides is 2. The van der Waals surface area contributed by atoms with Crippen molar-refractivity contribution in [2.75, 3.05) is 26.2 Å². The van der Waals surface area contributed by atoms with Crippen LogP contribution in [0.15, 0.2) is 41.8 Å². The Bertz CT molecular complexity index is 709. The SMILES string of the molecule is O=C(NCCCc1ccccc1)N1CC(N2CCc3sccc3C2)C1. The van der Waals surface area contributed by atoms with Crippen molar-refractivity contribution in [3.05, 3.63) is 57.8 Å². The smallest absolute Gasteiger partial charge is 0.317 e. The van der Waals surface area contributed by atoms with Gasteiger partial charge < -0.3 is 10.2 Å². The van der Waals surface area contributed by atoms with E-state index in [1.165, 1.54) is 11.1 Å². The Morgan fingerprint density at radius 2 is 2.04 bits per heavy atom. The molecule has 0 aliphatic carbocycles. The Kier molecular flexibility index (Phi) is 5.04. The Hall–Kier alpha value is -1.85. The number of benzene rings is 1. The van der Waals surface area contributed by atoms with Crippen molar-refractivity contribution in [1.82, 2.24) is 15.1 Å². The van der Waals surface area contributed by atoms with Gasteiger partial charge >= 0.3 is 6.03 Å². The van der Waals surface area contributed by atoms with Crippen molar-refractivity contribution < 1.29 is 4.79 Å². The summed E-state index contributed by atoms with van der Waals surface area (Å²) in [5, 5.41) is 5.26. The highest BCUT2D eigenvalue weighted by Crippen LogP contribution is 2.27. The minimum Gasteiger partial charge on any atom is -0.338 e. The Balaban J connectivity index is 1.15. The molecule has 0 atom stereocenters. The number of carbonyl (C=O) groups is 1. The van der Waals surface area contributed by atoms with Crippen LogP contribution in [0.25, 0.3) is 0 Å². The molecule has 2 amide bonds. The largest absolute Gasteiger partial charge is 0.338 e. The molecule has 3 heterocycles. The third kappa shape index (κ3) is 3.88. The zero-order valence-corrected chi connectivity index (χ0v) is 15.3. The molecule has 1 saturated heterocycles. The molecule has 0 spiro atoms. The summed E-state index contributed by atoms with van der Waals surface area (Å²) >= 11 is 1.88. The first kappa shape index (κ1) is 16.6. The molecule has 25 heavy (non-hydrogen) atoms. The molecule has 0 radical (unpaired) electrons. The fraction of sp³-hybridized carbons (Fsp3) is 0.450. The zero-order chi connectivity index (χ0) is 17.1. The van der Waals surface area contributed by atoms with Crippen LogP contribution in [0.5, 0.6) is 0 Å². The number of likely N-dealkylation sites (tertiary alicyclic amines) is 1. The number of rotatable bonds is 5. The second kappa shape index (κ2) is 7.58. The fourth-order valence-corrected chi connectivity index (χ4v) is 4.57. The molecule has 0 unspecified atom stereocenters. The minimum absolute atomic E-state index is 0.0949. The standard InChI is InChI=1S/C20H25N3OS/c24-20(21-10-4-7-16-5-2-1-3-6-16)23-14-18(15-23)22-11-8-19-17(13-22)9-12-25-19/h1-3,5-6,9,12,18H,4,7-8,10-11,13-15H2,(H,21,24). The Labute approximate surface area is 153 Å². The second-order valence-electron chi connectivity index (χ2n) is 6.97. The van der Waals surface area contributed by atoms with Crippen LogP contribution in [0.3, 0.4) is 0 Å². The third-order valence-corrected chi connectivity index (χ3v) is 6.29. The molecule has 5 heteroatoms. The number of nitrogens with one attached hydrogen (secondary N) is 1. The van der Waals surface area contributed by atoms with Gasteiger partial charge in [0.15, 0.2) is 0 Å². The van der Waals surface area contributed by atoms with Gasteiger partial charge in [0.25, 0.3) is 0 Å². The maximum absolute atomic E-state index is 12.2. The number of urea groups is 1. The van der Waals surface area contributed by atoms with Gasteiger partial charge in [-0.15, -0.1) is 11.3 Å². The lowest BCUT2D eigenvalue weighted by Gasteiger charge is -2.46. The lowest BCUT2D eigenvalue weighted by atomic mass is 10.0. The fourth-order valence-electron chi connectivity index (χ4n) is 3.68. The summed E-state index contributed by atoms with van der Waals surface area (Å²) < 4.78 is 0. The van der Waals surface area contributed by atoms with E-state index in [-0.39, 0.29) is 6.03 Å². The summed E-state index contributed by atoms with van der Waals surface area (Å²) in [4.78, 5) is 18.2. The zero-order valence-electron chi connectivity index (χ0n) is 14.5. The summed E-state index contributed by atoms with van der Waals surface area (Å²) in [6.45, 7) is 4.66. The van der Waals surface area contributed by atoms with Gasteiger partial charge in [0.05, 0.1) is 0 Å². The summed E-state index contributed by atoms with van der Waals surface area (Å²) in [7, 11) is 0. The summed E-state index contributed by atoms with van der Waals surface area (Å²) in [5.74, 6) is 0. The number of nitrogens with zero attached hydrogens (tertiary/aromatic N) is 2. The number of hydrogen-bond donors (Lipinski definition) is 1. The monoisotopic (exact) mass is 355 g/mol. The van der Waals surface area contributed by atoms with Crippen molar-refractivity contribution in [3.8, 4) is 0 Å². The highest BCUT2D eigenvalue weighted by Gasteiger charge is 2.36. The third-order valence-electron chi connectivity index (χ3n) is 5.26. The average molecular weight is 356 g/mol. The number of hydrogen-bond acceptors (Lipinski definition) is 3. The second-order valence-corrected chi connectivity index (χ2v) is 7.97. The van der Waals surface area contributed by atoms with Crippen LogP contribution >= 0.6 is 11.3 Å². The van der Waals surface area contributed by atoms with Gasteiger partial charge in [-0.05, 0) is 41.8 Å². The van der Waals surface area contributed by atoms with Crippen molar-refractivity contribution >= 4 is 17.4 Å². The highest BCUT2D eigenvalue weighted by atomic mass is 32.1. The van der Waals surface area contributed by atoms with Crippen LogP contribution in [0.2, 0.25) is 0 Å². The van der Waals surface area contributed by atoms with Gasteiger partial charge in [0.2, 0.25) is 0 Å². The number of fused-ring (bicyclic) bond motifs is 1. The molecule has 4 rings (SSSR count). The molecule has 1 aromatic heterocycles. The first-order valence-electron chi connectivity index (χ1n) is 9.15. The van der Waals surface area contributed by atoms with Gasteiger partial charge in [-0.25, -0.2) is 4.79 Å². The maximum Gasteiger partial charge on any atom is 0.317 e. The van der Waals surface area contributed by atoms with Crippen LogP contribution in [0, 0.1) is 0 Å². The van der Waals surface area contributed by atoms with Crippen LogP contribution in [0.1, 0.15) is 22.4 Å². The van der Waals surface area contributed by atoms with Gasteiger partial charge in [-0.2, -0.15) is 0 Å². The van der Waals surface area contributed by atoms with E-state index in [2.05, 4.69) is 45.9 Å². The molecule has 132 valence electrons. The molecule has 2 aromatic rings. The molecular formula is C20H25N3OS. The van der Waals surface area contributed by atoms with Crippen molar-refractivity contribution in [3.63, 3.8) is 0 Å². The normalized spacial score (nSPS) is 17.8. The highest BCUT2D eigenvalue weighted by molar-refractivity contribution is 7.10. The minimum atomic E-state index is 0.0949. The van der Waals surface area contributed by atoms with Crippen molar-refractivity contribution in [2.24, 2.45) is 0 Å². The topological polar surface area (TPSA) is 35.6 Å². The Morgan fingerprint density at radius 1 is 1.20 bits per heavy atom. The lowest BCUT2D eigenvalue weighted by molar-refractivity contribution is 0.0488. The van der Waals surface area contributed by atoms with E-state index in [0.29, 0.717) is 6.04 Å². The van der Waals surface area contributed by atoms with Crippen LogP contribution in [0.4, 0.5) is 4.79 Å². The quantitative estimate of drug-likeness (QED) is 0.837. The molecule has 4 nitrogen and oxygen atoms in total. The van der Waals surface area contributed by atoms with E-state index in [1.54, 1.807) is 4.88 Å². The van der Waals surface area contributed by atoms with E-state index in [0.717, 1.165) is 52.0 Å². The Morgan fingerprint density at radius 3 is 2.88 bits per heavy atom. The number of aryl methyl sites for hydroxylation is 1. The van der Waals surface area contributed by atoms with E-state index in [9.17, 15) is 4.79 Å². The van der Waals surface area contributed by atoms with E-state index >= 15 is 0 Å².